The van der Waals surface area contributed by atoms with Crippen LogP contribution < -0.4 is 10.3 Å². The summed E-state index contributed by atoms with van der Waals surface area (Å²) >= 11 is 0. The molecule has 0 fully saturated rings. The Kier molecular flexibility index (Phi) is 8.63. The third-order valence-corrected chi connectivity index (χ3v) is 6.25. The Morgan fingerprint density at radius 3 is 2.52 bits per heavy atom. The number of rotatable bonds is 9. The van der Waals surface area contributed by atoms with Gasteiger partial charge in [-0.2, -0.15) is 0 Å². The van der Waals surface area contributed by atoms with Crippen LogP contribution >= 0.6 is 0 Å². The molecule has 0 bridgehead atoms. The number of amides is 1. The minimum atomic E-state index is -0.539. The highest BCUT2D eigenvalue weighted by Crippen LogP contribution is 2.25. The summed E-state index contributed by atoms with van der Waals surface area (Å²) in [4.78, 5) is 44.3. The lowest BCUT2D eigenvalue weighted by Gasteiger charge is -2.24. The van der Waals surface area contributed by atoms with Gasteiger partial charge >= 0.3 is 5.97 Å². The van der Waals surface area contributed by atoms with Crippen molar-refractivity contribution in [3.8, 4) is 5.75 Å². The van der Waals surface area contributed by atoms with E-state index < -0.39 is 5.97 Å². The van der Waals surface area contributed by atoms with E-state index in [2.05, 4.69) is 4.98 Å². The average Bonchev–Trinajstić information content (AvgIpc) is 3.06. The molecule has 178 valence electrons. The first kappa shape index (κ1) is 24.5. The molecule has 3 rings (SSSR count). The Balaban J connectivity index is 1.80. The van der Waals surface area contributed by atoms with Crippen LogP contribution in [0.1, 0.15) is 54.7 Å². The smallest absolute Gasteiger partial charge is 0.343 e. The third-order valence-electron chi connectivity index (χ3n) is 6.25. The van der Waals surface area contributed by atoms with E-state index in [4.69, 9.17) is 9.47 Å². The summed E-state index contributed by atoms with van der Waals surface area (Å²) in [5.74, 6) is -0.217. The van der Waals surface area contributed by atoms with Gasteiger partial charge in [0.2, 0.25) is 5.91 Å². The van der Waals surface area contributed by atoms with Gasteiger partial charge in [0.25, 0.3) is 5.56 Å². The SMILES string of the molecule is CCC(CC)C(=O)N1CCc2c(C(=O)OC)c(OCCCc3ccncc3)cc(=O)n2CC1. The number of pyridine rings is 2. The fourth-order valence-corrected chi connectivity index (χ4v) is 4.31. The van der Waals surface area contributed by atoms with Crippen LogP contribution in [0, 0.1) is 5.92 Å². The molecule has 1 aliphatic rings. The summed E-state index contributed by atoms with van der Waals surface area (Å²) in [6.45, 7) is 5.60. The highest BCUT2D eigenvalue weighted by atomic mass is 16.5. The van der Waals surface area contributed by atoms with Crippen LogP contribution in [0.25, 0.3) is 0 Å². The fraction of sp³-hybridized carbons (Fsp3) is 0.520. The molecule has 0 radical (unpaired) electrons. The van der Waals surface area contributed by atoms with Crippen LogP contribution in [-0.4, -0.2) is 53.1 Å². The van der Waals surface area contributed by atoms with E-state index in [1.54, 1.807) is 21.9 Å². The van der Waals surface area contributed by atoms with Crippen LogP contribution in [0.15, 0.2) is 35.4 Å². The molecule has 8 heteroatoms. The molecule has 1 amide bonds. The number of carbonyl (C=O) groups excluding carboxylic acids is 2. The lowest BCUT2D eigenvalue weighted by molar-refractivity contribution is -0.135. The van der Waals surface area contributed by atoms with Crippen molar-refractivity contribution in [1.29, 1.82) is 0 Å². The molecule has 0 atom stereocenters. The summed E-state index contributed by atoms with van der Waals surface area (Å²) in [5, 5.41) is 0. The molecule has 0 spiro atoms. The summed E-state index contributed by atoms with van der Waals surface area (Å²) in [5.41, 5.74) is 1.75. The van der Waals surface area contributed by atoms with Crippen LogP contribution in [0.3, 0.4) is 0 Å². The normalized spacial score (nSPS) is 13.4. The Bertz CT molecular complexity index is 1010. The van der Waals surface area contributed by atoms with Gasteiger partial charge in [0.05, 0.1) is 13.7 Å². The number of carbonyl (C=O) groups is 2. The van der Waals surface area contributed by atoms with Crippen molar-refractivity contribution in [2.45, 2.75) is 52.5 Å². The van der Waals surface area contributed by atoms with E-state index in [0.29, 0.717) is 38.4 Å². The van der Waals surface area contributed by atoms with Crippen LogP contribution in [0.4, 0.5) is 0 Å². The molecule has 0 saturated carbocycles. The molecule has 1 aliphatic heterocycles. The molecule has 0 unspecified atom stereocenters. The Morgan fingerprint density at radius 2 is 1.85 bits per heavy atom. The number of aromatic nitrogens is 2. The first-order valence-electron chi connectivity index (χ1n) is 11.7. The molecular weight excluding hydrogens is 422 g/mol. The predicted molar refractivity (Wildman–Crippen MR) is 124 cm³/mol. The Hall–Kier alpha value is -3.16. The minimum absolute atomic E-state index is 0.0256. The minimum Gasteiger partial charge on any atom is -0.492 e. The maximum Gasteiger partial charge on any atom is 0.343 e. The molecule has 2 aromatic heterocycles. The monoisotopic (exact) mass is 455 g/mol. The van der Waals surface area contributed by atoms with Gasteiger partial charge in [-0.15, -0.1) is 0 Å². The summed E-state index contributed by atoms with van der Waals surface area (Å²) in [6.07, 6.45) is 6.97. The van der Waals surface area contributed by atoms with E-state index in [-0.39, 0.29) is 28.7 Å². The Morgan fingerprint density at radius 1 is 1.12 bits per heavy atom. The number of hydrogen-bond acceptors (Lipinski definition) is 6. The maximum atomic E-state index is 12.9. The number of fused-ring (bicyclic) bond motifs is 1. The van der Waals surface area contributed by atoms with Gasteiger partial charge in [-0.25, -0.2) is 4.79 Å². The molecule has 2 aromatic rings. The molecule has 3 heterocycles. The number of methoxy groups -OCH3 is 1. The van der Waals surface area contributed by atoms with E-state index >= 15 is 0 Å². The largest absolute Gasteiger partial charge is 0.492 e. The van der Waals surface area contributed by atoms with Crippen molar-refractivity contribution in [2.75, 3.05) is 26.8 Å². The van der Waals surface area contributed by atoms with Crippen molar-refractivity contribution in [3.05, 3.63) is 57.8 Å². The number of aryl methyl sites for hydroxylation is 1. The van der Waals surface area contributed by atoms with Crippen molar-refractivity contribution < 1.29 is 19.1 Å². The van der Waals surface area contributed by atoms with E-state index in [1.165, 1.54) is 13.2 Å². The fourth-order valence-electron chi connectivity index (χ4n) is 4.31. The molecular formula is C25H33N3O5. The molecule has 0 N–H and O–H groups in total. The van der Waals surface area contributed by atoms with Crippen molar-refractivity contribution in [2.24, 2.45) is 5.92 Å². The second-order valence-corrected chi connectivity index (χ2v) is 8.21. The highest BCUT2D eigenvalue weighted by molar-refractivity contribution is 5.93. The predicted octanol–water partition coefficient (Wildman–Crippen LogP) is 2.86. The number of esters is 1. The standard InChI is InChI=1S/C25H33N3O5/c1-4-19(5-2)24(30)27-13-10-20-23(25(31)32-3)21(17-22(29)28(20)15-14-27)33-16-6-7-18-8-11-26-12-9-18/h8-9,11-12,17,19H,4-7,10,13-16H2,1-3H3. The number of hydrogen-bond donors (Lipinski definition) is 0. The summed E-state index contributed by atoms with van der Waals surface area (Å²) < 4.78 is 12.5. The quantitative estimate of drug-likeness (QED) is 0.427. The molecule has 8 nitrogen and oxygen atoms in total. The van der Waals surface area contributed by atoms with Gasteiger partial charge in [0.1, 0.15) is 11.3 Å². The molecule has 33 heavy (non-hydrogen) atoms. The zero-order valence-corrected chi connectivity index (χ0v) is 19.7. The van der Waals surface area contributed by atoms with Gasteiger partial charge in [0, 0.05) is 56.1 Å². The van der Waals surface area contributed by atoms with Gasteiger partial charge in [0.15, 0.2) is 0 Å². The van der Waals surface area contributed by atoms with Crippen LogP contribution in [0.5, 0.6) is 5.75 Å². The maximum absolute atomic E-state index is 12.9. The molecule has 0 aliphatic carbocycles. The van der Waals surface area contributed by atoms with E-state index in [9.17, 15) is 14.4 Å². The first-order valence-corrected chi connectivity index (χ1v) is 11.7. The van der Waals surface area contributed by atoms with Crippen molar-refractivity contribution in [1.82, 2.24) is 14.5 Å². The highest BCUT2D eigenvalue weighted by Gasteiger charge is 2.29. The molecule has 0 aromatic carbocycles. The van der Waals surface area contributed by atoms with Crippen molar-refractivity contribution in [3.63, 3.8) is 0 Å². The van der Waals surface area contributed by atoms with Gasteiger partial charge < -0.3 is 18.9 Å². The van der Waals surface area contributed by atoms with Crippen LogP contribution in [-0.2, 0) is 28.9 Å². The number of nitrogens with zero attached hydrogens (tertiary/aromatic N) is 3. The van der Waals surface area contributed by atoms with Gasteiger partial charge in [-0.3, -0.25) is 14.6 Å². The lowest BCUT2D eigenvalue weighted by Crippen LogP contribution is -2.38. The number of ether oxygens (including phenoxy) is 2. The van der Waals surface area contributed by atoms with E-state index in [0.717, 1.165) is 31.2 Å². The molecule has 0 saturated heterocycles. The summed E-state index contributed by atoms with van der Waals surface area (Å²) in [7, 11) is 1.32. The zero-order valence-electron chi connectivity index (χ0n) is 19.7. The lowest BCUT2D eigenvalue weighted by atomic mass is 10.0. The average molecular weight is 456 g/mol. The van der Waals surface area contributed by atoms with Crippen LogP contribution in [0.2, 0.25) is 0 Å². The summed E-state index contributed by atoms with van der Waals surface area (Å²) in [6, 6.07) is 5.26. The van der Waals surface area contributed by atoms with E-state index in [1.807, 2.05) is 26.0 Å². The van der Waals surface area contributed by atoms with Crippen molar-refractivity contribution >= 4 is 11.9 Å². The third kappa shape index (κ3) is 5.80. The van der Waals surface area contributed by atoms with Gasteiger partial charge in [-0.1, -0.05) is 13.8 Å². The second-order valence-electron chi connectivity index (χ2n) is 8.21. The second kappa shape index (κ2) is 11.6. The van der Waals surface area contributed by atoms with Gasteiger partial charge in [-0.05, 0) is 43.4 Å². The first-order chi connectivity index (χ1) is 16.0. The topological polar surface area (TPSA) is 90.7 Å². The Labute approximate surface area is 194 Å². The zero-order chi connectivity index (χ0) is 23.8.